The van der Waals surface area contributed by atoms with Crippen molar-refractivity contribution in [2.24, 2.45) is 5.73 Å². The highest BCUT2D eigenvalue weighted by atomic mass is 32.1. The van der Waals surface area contributed by atoms with Crippen LogP contribution in [0.25, 0.3) is 0 Å². The number of ether oxygens (including phenoxy) is 1. The summed E-state index contributed by atoms with van der Waals surface area (Å²) in [5, 5.41) is 5.91. The van der Waals surface area contributed by atoms with Gasteiger partial charge in [-0.2, -0.15) is 0 Å². The van der Waals surface area contributed by atoms with E-state index >= 15 is 0 Å². The van der Waals surface area contributed by atoms with Gasteiger partial charge >= 0.3 is 0 Å². The molecule has 5 heteroatoms. The first-order chi connectivity index (χ1) is 8.36. The number of benzene rings is 1. The van der Waals surface area contributed by atoms with Gasteiger partial charge in [-0.15, -0.1) is 5.10 Å². The Labute approximate surface area is 104 Å². The third-order valence-corrected chi connectivity index (χ3v) is 3.52. The fourth-order valence-electron chi connectivity index (χ4n) is 2.13. The molecule has 1 aliphatic rings. The summed E-state index contributed by atoms with van der Waals surface area (Å²) in [5.41, 5.74) is 9.26. The van der Waals surface area contributed by atoms with Gasteiger partial charge in [0.25, 0.3) is 0 Å². The van der Waals surface area contributed by atoms with Crippen molar-refractivity contribution in [3.63, 3.8) is 0 Å². The first kappa shape index (κ1) is 10.7. The van der Waals surface area contributed by atoms with E-state index in [1.165, 1.54) is 17.1 Å². The summed E-state index contributed by atoms with van der Waals surface area (Å²) in [4.78, 5) is 0. The summed E-state index contributed by atoms with van der Waals surface area (Å²) in [5.74, 6) is 0.944. The van der Waals surface area contributed by atoms with Gasteiger partial charge < -0.3 is 10.5 Å². The predicted octanol–water partition coefficient (Wildman–Crippen LogP) is 1.91. The third-order valence-electron chi connectivity index (χ3n) is 2.99. The Bertz CT molecular complexity index is 512. The molecule has 17 heavy (non-hydrogen) atoms. The molecule has 0 radical (unpaired) electrons. The molecule has 1 aromatic carbocycles. The molecule has 3 rings (SSSR count). The first-order valence-corrected chi connectivity index (χ1v) is 6.47. The van der Waals surface area contributed by atoms with Crippen molar-refractivity contribution in [3.8, 4) is 5.75 Å². The van der Waals surface area contributed by atoms with E-state index in [9.17, 15) is 0 Å². The molecule has 1 atom stereocenters. The van der Waals surface area contributed by atoms with Crippen LogP contribution in [-0.4, -0.2) is 16.2 Å². The normalized spacial score (nSPS) is 16.1. The van der Waals surface area contributed by atoms with Crippen molar-refractivity contribution in [3.05, 3.63) is 40.4 Å². The maximum atomic E-state index is 6.21. The third kappa shape index (κ3) is 1.92. The number of aryl methyl sites for hydroxylation is 1. The van der Waals surface area contributed by atoms with Gasteiger partial charge in [0.2, 0.25) is 0 Å². The van der Waals surface area contributed by atoms with Gasteiger partial charge in [0.05, 0.1) is 18.3 Å². The molecule has 0 bridgehead atoms. The quantitative estimate of drug-likeness (QED) is 0.880. The first-order valence-electron chi connectivity index (χ1n) is 5.63. The zero-order valence-electron chi connectivity index (χ0n) is 9.30. The Morgan fingerprint density at radius 3 is 3.18 bits per heavy atom. The van der Waals surface area contributed by atoms with Gasteiger partial charge in [0, 0.05) is 10.9 Å². The Morgan fingerprint density at radius 2 is 2.35 bits per heavy atom. The van der Waals surface area contributed by atoms with Crippen LogP contribution in [0.15, 0.2) is 23.6 Å². The monoisotopic (exact) mass is 247 g/mol. The number of rotatable bonds is 2. The van der Waals surface area contributed by atoms with E-state index < -0.39 is 0 Å². The summed E-state index contributed by atoms with van der Waals surface area (Å²) < 4.78 is 9.60. The molecule has 2 aromatic rings. The second-order valence-corrected chi connectivity index (χ2v) is 4.70. The number of nitrogens with zero attached hydrogens (tertiary/aromatic N) is 2. The minimum Gasteiger partial charge on any atom is -0.493 e. The van der Waals surface area contributed by atoms with E-state index in [0.29, 0.717) is 0 Å². The van der Waals surface area contributed by atoms with Crippen molar-refractivity contribution in [1.82, 2.24) is 9.59 Å². The fraction of sp³-hybridized carbons (Fsp3) is 0.333. The van der Waals surface area contributed by atoms with Gasteiger partial charge in [-0.3, -0.25) is 0 Å². The van der Waals surface area contributed by atoms with E-state index in [2.05, 4.69) is 15.7 Å². The van der Waals surface area contributed by atoms with E-state index in [-0.39, 0.29) is 6.04 Å². The second-order valence-electron chi connectivity index (χ2n) is 4.09. The molecule has 88 valence electrons. The maximum Gasteiger partial charge on any atom is 0.127 e. The van der Waals surface area contributed by atoms with Gasteiger partial charge in [-0.25, -0.2) is 0 Å². The molecule has 0 saturated heterocycles. The highest BCUT2D eigenvalue weighted by Crippen LogP contribution is 2.34. The summed E-state index contributed by atoms with van der Waals surface area (Å²) in [7, 11) is 0. The van der Waals surface area contributed by atoms with Crippen LogP contribution in [0, 0.1) is 0 Å². The topological polar surface area (TPSA) is 61.0 Å². The highest BCUT2D eigenvalue weighted by Gasteiger charge is 2.20. The van der Waals surface area contributed by atoms with Gasteiger partial charge in [0.15, 0.2) is 0 Å². The Kier molecular flexibility index (Phi) is 2.78. The van der Waals surface area contributed by atoms with Crippen LogP contribution < -0.4 is 10.5 Å². The SMILES string of the molecule is NC(c1csnn1)c1cccc2c1OCCC2. The molecule has 1 unspecified atom stereocenters. The second kappa shape index (κ2) is 4.43. The molecule has 0 spiro atoms. The van der Waals surface area contributed by atoms with E-state index in [1.807, 2.05) is 17.5 Å². The number of fused-ring (bicyclic) bond motifs is 1. The molecule has 4 nitrogen and oxygen atoms in total. The molecular formula is C12H13N3OS. The summed E-state index contributed by atoms with van der Waals surface area (Å²) in [6, 6.07) is 5.89. The fourth-order valence-corrected chi connectivity index (χ4v) is 2.62. The zero-order valence-corrected chi connectivity index (χ0v) is 10.1. The summed E-state index contributed by atoms with van der Waals surface area (Å²) in [6.07, 6.45) is 2.13. The van der Waals surface area contributed by atoms with Crippen LogP contribution in [-0.2, 0) is 6.42 Å². The van der Waals surface area contributed by atoms with Crippen molar-refractivity contribution < 1.29 is 4.74 Å². The van der Waals surface area contributed by atoms with E-state index in [4.69, 9.17) is 10.5 Å². The minimum absolute atomic E-state index is 0.248. The van der Waals surface area contributed by atoms with E-state index in [1.54, 1.807) is 0 Å². The molecule has 2 heterocycles. The molecule has 1 aliphatic heterocycles. The largest absolute Gasteiger partial charge is 0.493 e. The summed E-state index contributed by atoms with van der Waals surface area (Å²) in [6.45, 7) is 0.770. The molecule has 0 saturated carbocycles. The van der Waals surface area contributed by atoms with Crippen molar-refractivity contribution in [2.75, 3.05) is 6.61 Å². The Morgan fingerprint density at radius 1 is 1.41 bits per heavy atom. The van der Waals surface area contributed by atoms with Crippen LogP contribution in [0.5, 0.6) is 5.75 Å². The maximum absolute atomic E-state index is 6.21. The molecule has 1 aromatic heterocycles. The molecule has 2 N–H and O–H groups in total. The number of aromatic nitrogens is 2. The lowest BCUT2D eigenvalue weighted by atomic mass is 9.97. The zero-order chi connectivity index (χ0) is 11.7. The molecule has 0 fully saturated rings. The van der Waals surface area contributed by atoms with Crippen molar-refractivity contribution >= 4 is 11.5 Å². The van der Waals surface area contributed by atoms with Crippen LogP contribution in [0.1, 0.15) is 29.3 Å². The Balaban J connectivity index is 2.03. The lowest BCUT2D eigenvalue weighted by Gasteiger charge is -2.22. The smallest absolute Gasteiger partial charge is 0.127 e. The Hall–Kier alpha value is -1.46. The standard InChI is InChI=1S/C12H13N3OS/c13-11(10-7-17-15-14-10)9-5-1-3-8-4-2-6-16-12(8)9/h1,3,5,7,11H,2,4,6,13H2. The van der Waals surface area contributed by atoms with Crippen LogP contribution in [0.2, 0.25) is 0 Å². The average Bonchev–Trinajstić information content (AvgIpc) is 2.91. The van der Waals surface area contributed by atoms with Crippen LogP contribution >= 0.6 is 11.5 Å². The lowest BCUT2D eigenvalue weighted by Crippen LogP contribution is -2.17. The molecule has 0 amide bonds. The lowest BCUT2D eigenvalue weighted by molar-refractivity contribution is 0.284. The average molecular weight is 247 g/mol. The predicted molar refractivity (Wildman–Crippen MR) is 66.2 cm³/mol. The van der Waals surface area contributed by atoms with Gasteiger partial charge in [0.1, 0.15) is 5.75 Å². The van der Waals surface area contributed by atoms with E-state index in [0.717, 1.165) is 36.5 Å². The van der Waals surface area contributed by atoms with Gasteiger partial charge in [-0.1, -0.05) is 22.7 Å². The molecule has 0 aliphatic carbocycles. The van der Waals surface area contributed by atoms with Crippen molar-refractivity contribution in [1.29, 1.82) is 0 Å². The van der Waals surface area contributed by atoms with Crippen molar-refractivity contribution in [2.45, 2.75) is 18.9 Å². The van der Waals surface area contributed by atoms with Crippen LogP contribution in [0.3, 0.4) is 0 Å². The number of hydrogen-bond acceptors (Lipinski definition) is 5. The summed E-state index contributed by atoms with van der Waals surface area (Å²) >= 11 is 1.32. The molecular weight excluding hydrogens is 234 g/mol. The minimum atomic E-state index is -0.248. The number of para-hydroxylation sites is 1. The highest BCUT2D eigenvalue weighted by molar-refractivity contribution is 7.03. The number of nitrogens with two attached hydrogens (primary N) is 1. The number of hydrogen-bond donors (Lipinski definition) is 1. The van der Waals surface area contributed by atoms with Gasteiger partial charge in [-0.05, 0) is 29.9 Å². The van der Waals surface area contributed by atoms with Crippen LogP contribution in [0.4, 0.5) is 0 Å².